The molecule has 3 atom stereocenters. The average Bonchev–Trinajstić information content (AvgIpc) is 2.60. The number of aliphatic hydroxyl groups is 1. The van der Waals surface area contributed by atoms with Gasteiger partial charge in [0, 0.05) is 24.7 Å². The first-order valence-electron chi connectivity index (χ1n) is 7.88. The Bertz CT molecular complexity index is 270. The number of aliphatic hydroxyl groups excluding tert-OH is 1. The Morgan fingerprint density at radius 1 is 1.06 bits per heavy atom. The van der Waals surface area contributed by atoms with E-state index < -0.39 is 0 Å². The van der Waals surface area contributed by atoms with Gasteiger partial charge in [-0.15, -0.1) is 0 Å². The largest absolute Gasteiger partial charge is 0.393 e. The van der Waals surface area contributed by atoms with Crippen LogP contribution in [0.2, 0.25) is 0 Å². The van der Waals surface area contributed by atoms with E-state index in [4.69, 9.17) is 0 Å². The van der Waals surface area contributed by atoms with E-state index in [1.807, 2.05) is 0 Å². The molecular weight excluding hydrogens is 224 g/mol. The lowest BCUT2D eigenvalue weighted by atomic mass is 9.96. The summed E-state index contributed by atoms with van der Waals surface area (Å²) >= 11 is 0. The highest BCUT2D eigenvalue weighted by Crippen LogP contribution is 2.36. The lowest BCUT2D eigenvalue weighted by Gasteiger charge is -2.39. The molecule has 3 nitrogen and oxygen atoms in total. The number of piperidine rings is 2. The van der Waals surface area contributed by atoms with Crippen molar-refractivity contribution in [2.45, 2.75) is 75.6 Å². The first kappa shape index (κ1) is 12.9. The highest BCUT2D eigenvalue weighted by atomic mass is 16.3. The Kier molecular flexibility index (Phi) is 3.92. The summed E-state index contributed by atoms with van der Waals surface area (Å²) in [6.45, 7) is 2.55. The zero-order valence-corrected chi connectivity index (χ0v) is 11.7. The van der Waals surface area contributed by atoms with Gasteiger partial charge in [-0.25, -0.2) is 0 Å². The molecule has 0 aromatic rings. The molecule has 0 aromatic heterocycles. The summed E-state index contributed by atoms with van der Waals surface area (Å²) in [5.74, 6) is 0. The Morgan fingerprint density at radius 3 is 2.44 bits per heavy atom. The molecule has 2 bridgehead atoms. The van der Waals surface area contributed by atoms with Crippen LogP contribution in [0.15, 0.2) is 0 Å². The number of nitrogens with zero attached hydrogens (tertiary/aromatic N) is 2. The van der Waals surface area contributed by atoms with Gasteiger partial charge in [-0.05, 0) is 58.5 Å². The second kappa shape index (κ2) is 5.48. The van der Waals surface area contributed by atoms with Gasteiger partial charge in [0.25, 0.3) is 0 Å². The minimum absolute atomic E-state index is 0.0175. The van der Waals surface area contributed by atoms with Crippen molar-refractivity contribution in [2.75, 3.05) is 20.1 Å². The molecule has 3 heterocycles. The number of fused-ring (bicyclic) bond motifs is 2. The maximum atomic E-state index is 9.83. The third-order valence-electron chi connectivity index (χ3n) is 5.50. The molecule has 3 aliphatic heterocycles. The third kappa shape index (κ3) is 2.59. The quantitative estimate of drug-likeness (QED) is 0.830. The van der Waals surface area contributed by atoms with Crippen LogP contribution in [-0.2, 0) is 0 Å². The fourth-order valence-corrected chi connectivity index (χ4v) is 4.42. The average molecular weight is 252 g/mol. The molecule has 0 aromatic carbocycles. The molecule has 1 N–H and O–H groups in total. The van der Waals surface area contributed by atoms with Gasteiger partial charge < -0.3 is 10.0 Å². The molecule has 0 radical (unpaired) electrons. The van der Waals surface area contributed by atoms with Crippen molar-refractivity contribution in [2.24, 2.45) is 0 Å². The second-order valence-electron chi connectivity index (χ2n) is 6.67. The van der Waals surface area contributed by atoms with Crippen LogP contribution in [0.25, 0.3) is 0 Å². The smallest absolute Gasteiger partial charge is 0.0570 e. The number of rotatable bonds is 3. The van der Waals surface area contributed by atoms with Gasteiger partial charge in [0.05, 0.1) is 6.10 Å². The van der Waals surface area contributed by atoms with E-state index in [1.54, 1.807) is 0 Å². The van der Waals surface area contributed by atoms with Crippen LogP contribution in [0.4, 0.5) is 0 Å². The molecule has 3 aliphatic rings. The maximum Gasteiger partial charge on any atom is 0.0570 e. The van der Waals surface area contributed by atoms with Crippen molar-refractivity contribution in [3.8, 4) is 0 Å². The van der Waals surface area contributed by atoms with Crippen LogP contribution in [0.1, 0.15) is 51.4 Å². The molecule has 0 aliphatic carbocycles. The van der Waals surface area contributed by atoms with E-state index in [9.17, 15) is 5.11 Å². The molecule has 104 valence electrons. The van der Waals surface area contributed by atoms with Crippen LogP contribution in [0.5, 0.6) is 0 Å². The van der Waals surface area contributed by atoms with Crippen LogP contribution in [-0.4, -0.2) is 59.3 Å². The molecule has 0 amide bonds. The monoisotopic (exact) mass is 252 g/mol. The van der Waals surface area contributed by atoms with E-state index in [0.717, 1.165) is 18.9 Å². The number of hydrogen-bond donors (Lipinski definition) is 1. The van der Waals surface area contributed by atoms with Crippen LogP contribution in [0.3, 0.4) is 0 Å². The minimum atomic E-state index is -0.0175. The predicted molar refractivity (Wildman–Crippen MR) is 73.6 cm³/mol. The molecule has 18 heavy (non-hydrogen) atoms. The van der Waals surface area contributed by atoms with E-state index in [0.29, 0.717) is 12.1 Å². The van der Waals surface area contributed by atoms with Gasteiger partial charge in [0.1, 0.15) is 0 Å². The molecular formula is C15H28N2O. The van der Waals surface area contributed by atoms with Crippen molar-refractivity contribution >= 4 is 0 Å². The first-order chi connectivity index (χ1) is 8.74. The van der Waals surface area contributed by atoms with Crippen molar-refractivity contribution < 1.29 is 5.11 Å². The van der Waals surface area contributed by atoms with E-state index >= 15 is 0 Å². The Balaban J connectivity index is 1.51. The zero-order chi connectivity index (χ0) is 12.5. The Hall–Kier alpha value is -0.120. The summed E-state index contributed by atoms with van der Waals surface area (Å²) in [4.78, 5) is 5.28. The number of likely N-dealkylation sites (tertiary alicyclic amines) is 1. The maximum absolute atomic E-state index is 9.83. The summed E-state index contributed by atoms with van der Waals surface area (Å²) in [7, 11) is 2.29. The summed E-state index contributed by atoms with van der Waals surface area (Å²) in [5.41, 5.74) is 0. The van der Waals surface area contributed by atoms with Crippen molar-refractivity contribution in [3.05, 3.63) is 0 Å². The molecule has 3 rings (SSSR count). The van der Waals surface area contributed by atoms with Gasteiger partial charge in [-0.3, -0.25) is 4.90 Å². The second-order valence-corrected chi connectivity index (χ2v) is 6.67. The molecule has 0 spiro atoms. The molecule has 3 heteroatoms. The van der Waals surface area contributed by atoms with Crippen LogP contribution < -0.4 is 0 Å². The van der Waals surface area contributed by atoms with Crippen molar-refractivity contribution in [3.63, 3.8) is 0 Å². The Morgan fingerprint density at radius 2 is 1.78 bits per heavy atom. The zero-order valence-electron chi connectivity index (χ0n) is 11.7. The summed E-state index contributed by atoms with van der Waals surface area (Å²) in [6.07, 6.45) is 10.2. The van der Waals surface area contributed by atoms with E-state index in [2.05, 4.69) is 16.8 Å². The first-order valence-corrected chi connectivity index (χ1v) is 7.88. The van der Waals surface area contributed by atoms with Gasteiger partial charge in [-0.2, -0.15) is 0 Å². The lowest BCUT2D eigenvalue weighted by molar-refractivity contribution is 0.0290. The molecule has 3 saturated heterocycles. The predicted octanol–water partition coefficient (Wildman–Crippen LogP) is 1.85. The highest BCUT2D eigenvalue weighted by Gasteiger charge is 2.39. The van der Waals surface area contributed by atoms with E-state index in [-0.39, 0.29) is 6.10 Å². The van der Waals surface area contributed by atoms with Gasteiger partial charge >= 0.3 is 0 Å². The fraction of sp³-hybridized carbons (Fsp3) is 1.00. The third-order valence-corrected chi connectivity index (χ3v) is 5.50. The molecule has 3 unspecified atom stereocenters. The molecule has 3 fully saturated rings. The van der Waals surface area contributed by atoms with Gasteiger partial charge in [0.15, 0.2) is 0 Å². The van der Waals surface area contributed by atoms with Crippen molar-refractivity contribution in [1.82, 2.24) is 9.80 Å². The standard InChI is InChI=1S/C15H28N2O/c1-16-8-3-2-4-12(16)7-9-17-13-5-6-14(17)11-15(18)10-13/h12-15,18H,2-11H2,1H3. The Labute approximate surface area is 111 Å². The van der Waals surface area contributed by atoms with Gasteiger partial charge in [-0.1, -0.05) is 6.42 Å². The lowest BCUT2D eigenvalue weighted by Crippen LogP contribution is -2.47. The number of hydrogen-bond acceptors (Lipinski definition) is 3. The van der Waals surface area contributed by atoms with Gasteiger partial charge in [0.2, 0.25) is 0 Å². The fourth-order valence-electron chi connectivity index (χ4n) is 4.42. The molecule has 0 saturated carbocycles. The summed E-state index contributed by atoms with van der Waals surface area (Å²) < 4.78 is 0. The topological polar surface area (TPSA) is 26.7 Å². The van der Waals surface area contributed by atoms with Crippen molar-refractivity contribution in [1.29, 1.82) is 0 Å². The summed E-state index contributed by atoms with van der Waals surface area (Å²) in [6, 6.07) is 2.19. The van der Waals surface area contributed by atoms with Crippen LogP contribution in [0, 0.1) is 0 Å². The van der Waals surface area contributed by atoms with Crippen LogP contribution >= 0.6 is 0 Å². The SMILES string of the molecule is CN1CCCCC1CCN1C2CCC1CC(O)C2. The minimum Gasteiger partial charge on any atom is -0.393 e. The summed E-state index contributed by atoms with van der Waals surface area (Å²) in [5, 5.41) is 9.83. The highest BCUT2D eigenvalue weighted by molar-refractivity contribution is 4.95. The normalized spacial score (nSPS) is 42.3. The van der Waals surface area contributed by atoms with E-state index in [1.165, 1.54) is 51.6 Å².